The second-order valence-electron chi connectivity index (χ2n) is 10.7. The average molecular weight is 550 g/mol. The summed E-state index contributed by atoms with van der Waals surface area (Å²) in [6.07, 6.45) is -1.64. The standard InChI is InChI=1S/C27H38F3N7O2/c1-5-21-25(32-17-6-9-19(38)10-7-17)35-26(23(34-21)24(31)39)33-18-8-11-22(20(12-18)27(28,29)30)37-14-15(2)36(4)13-16(37)3/h8,11-12,15-17,19,38H,5-7,9-10,13-14H2,1-4H3,(H2,31,39)(H2,32,33,35)/t15-,16+,17?,19?/m0/s1. The van der Waals surface area contributed by atoms with Crippen molar-refractivity contribution in [3.8, 4) is 0 Å². The summed E-state index contributed by atoms with van der Waals surface area (Å²) in [7, 11) is 1.97. The first kappa shape index (κ1) is 28.9. The maximum Gasteiger partial charge on any atom is 0.418 e. The largest absolute Gasteiger partial charge is 0.418 e. The molecule has 1 amide bonds. The van der Waals surface area contributed by atoms with Crippen molar-refractivity contribution in [3.05, 3.63) is 35.2 Å². The molecule has 0 bridgehead atoms. The summed E-state index contributed by atoms with van der Waals surface area (Å²) < 4.78 is 42.9. The highest BCUT2D eigenvalue weighted by Crippen LogP contribution is 2.40. The van der Waals surface area contributed by atoms with E-state index in [-0.39, 0.29) is 47.1 Å². The van der Waals surface area contributed by atoms with Gasteiger partial charge >= 0.3 is 6.18 Å². The van der Waals surface area contributed by atoms with E-state index in [4.69, 9.17) is 5.73 Å². The number of nitrogens with one attached hydrogen (secondary N) is 2. The fourth-order valence-electron chi connectivity index (χ4n) is 5.37. The molecule has 0 radical (unpaired) electrons. The van der Waals surface area contributed by atoms with Gasteiger partial charge in [0.25, 0.3) is 5.91 Å². The molecule has 1 saturated heterocycles. The van der Waals surface area contributed by atoms with Crippen LogP contribution in [0.4, 0.5) is 36.2 Å². The van der Waals surface area contributed by atoms with Crippen molar-refractivity contribution >= 4 is 28.9 Å². The molecule has 1 saturated carbocycles. The summed E-state index contributed by atoms with van der Waals surface area (Å²) in [5, 5.41) is 16.0. The lowest BCUT2D eigenvalue weighted by atomic mass is 9.93. The van der Waals surface area contributed by atoms with E-state index in [2.05, 4.69) is 25.5 Å². The first-order chi connectivity index (χ1) is 18.4. The number of anilines is 4. The number of carbonyl (C=O) groups is 1. The number of carbonyl (C=O) groups excluding carboxylic acids is 1. The van der Waals surface area contributed by atoms with E-state index in [9.17, 15) is 23.1 Å². The van der Waals surface area contributed by atoms with Crippen LogP contribution < -0.4 is 21.3 Å². The molecule has 2 aromatic rings. The molecule has 9 nitrogen and oxygen atoms in total. The number of primary amides is 1. The molecule has 0 spiro atoms. The Balaban J connectivity index is 1.68. The predicted octanol–water partition coefficient (Wildman–Crippen LogP) is 4.14. The van der Waals surface area contributed by atoms with E-state index in [0.717, 1.165) is 18.9 Å². The Labute approximate surface area is 227 Å². The van der Waals surface area contributed by atoms with Crippen molar-refractivity contribution in [2.75, 3.05) is 35.7 Å². The van der Waals surface area contributed by atoms with Gasteiger partial charge in [0, 0.05) is 42.6 Å². The Kier molecular flexibility index (Phi) is 8.55. The van der Waals surface area contributed by atoms with Gasteiger partial charge in [-0.2, -0.15) is 13.2 Å². The van der Waals surface area contributed by atoms with Crippen LogP contribution in [0.1, 0.15) is 68.2 Å². The number of aromatic nitrogens is 2. The maximum atomic E-state index is 14.3. The molecule has 1 aliphatic heterocycles. The van der Waals surface area contributed by atoms with Gasteiger partial charge in [-0.15, -0.1) is 0 Å². The number of hydrogen-bond donors (Lipinski definition) is 4. The summed E-state index contributed by atoms with van der Waals surface area (Å²) in [4.78, 5) is 25.1. The van der Waals surface area contributed by atoms with Crippen LogP contribution in [0, 0.1) is 0 Å². The number of rotatable bonds is 7. The Morgan fingerprint density at radius 2 is 1.79 bits per heavy atom. The SMILES string of the molecule is CCc1nc(C(N)=O)c(Nc2ccc(N3C[C@H](C)N(C)C[C@H]3C)c(C(F)(F)F)c2)nc1NC1CCC(O)CC1. The minimum absolute atomic E-state index is 0.0134. The van der Waals surface area contributed by atoms with E-state index in [1.165, 1.54) is 6.07 Å². The number of amides is 1. The maximum absolute atomic E-state index is 14.3. The van der Waals surface area contributed by atoms with Gasteiger partial charge in [-0.05, 0) is 71.2 Å². The number of hydrogen-bond acceptors (Lipinski definition) is 8. The van der Waals surface area contributed by atoms with Crippen LogP contribution in [0.2, 0.25) is 0 Å². The van der Waals surface area contributed by atoms with Gasteiger partial charge in [-0.25, -0.2) is 9.97 Å². The zero-order valence-corrected chi connectivity index (χ0v) is 22.8. The van der Waals surface area contributed by atoms with Crippen LogP contribution in [-0.4, -0.2) is 70.2 Å². The van der Waals surface area contributed by atoms with E-state index in [1.807, 2.05) is 27.8 Å². The minimum Gasteiger partial charge on any atom is -0.393 e. The quantitative estimate of drug-likeness (QED) is 0.407. The van der Waals surface area contributed by atoms with Crippen molar-refractivity contribution in [3.63, 3.8) is 0 Å². The van der Waals surface area contributed by atoms with E-state index < -0.39 is 17.6 Å². The number of aliphatic hydroxyl groups excluding tert-OH is 1. The van der Waals surface area contributed by atoms with Crippen LogP contribution in [0.25, 0.3) is 0 Å². The van der Waals surface area contributed by atoms with Crippen molar-refractivity contribution < 1.29 is 23.1 Å². The van der Waals surface area contributed by atoms with Crippen LogP contribution in [0.5, 0.6) is 0 Å². The molecular formula is C27H38F3N7O2. The lowest BCUT2D eigenvalue weighted by molar-refractivity contribution is -0.137. The lowest BCUT2D eigenvalue weighted by Gasteiger charge is -2.44. The second-order valence-corrected chi connectivity index (χ2v) is 10.7. The number of nitrogens with zero attached hydrogens (tertiary/aromatic N) is 4. The van der Waals surface area contributed by atoms with Gasteiger partial charge < -0.3 is 26.4 Å². The zero-order valence-electron chi connectivity index (χ0n) is 22.8. The molecule has 4 rings (SSSR count). The van der Waals surface area contributed by atoms with Gasteiger partial charge in [0.15, 0.2) is 11.5 Å². The molecular weight excluding hydrogens is 511 g/mol. The Morgan fingerprint density at radius 3 is 2.41 bits per heavy atom. The third kappa shape index (κ3) is 6.55. The number of aryl methyl sites for hydroxylation is 1. The number of nitrogens with two attached hydrogens (primary N) is 1. The van der Waals surface area contributed by atoms with Crippen molar-refractivity contribution in [2.24, 2.45) is 5.73 Å². The molecule has 2 heterocycles. The Bertz CT molecular complexity index is 1180. The van der Waals surface area contributed by atoms with Gasteiger partial charge in [0.05, 0.1) is 17.4 Å². The summed E-state index contributed by atoms with van der Waals surface area (Å²) in [6, 6.07) is 4.11. The van der Waals surface area contributed by atoms with E-state index in [1.54, 1.807) is 11.0 Å². The number of piperazine rings is 1. The van der Waals surface area contributed by atoms with Crippen molar-refractivity contribution in [2.45, 2.75) is 83.3 Å². The van der Waals surface area contributed by atoms with Crippen LogP contribution in [0.3, 0.4) is 0 Å². The molecule has 1 aromatic carbocycles. The van der Waals surface area contributed by atoms with Crippen LogP contribution >= 0.6 is 0 Å². The average Bonchev–Trinajstić information content (AvgIpc) is 2.87. The molecule has 214 valence electrons. The topological polar surface area (TPSA) is 120 Å². The number of aliphatic hydroxyl groups is 1. The highest BCUT2D eigenvalue weighted by atomic mass is 19.4. The number of likely N-dealkylation sites (N-methyl/N-ethyl adjacent to an activating group) is 1. The third-order valence-corrected chi connectivity index (χ3v) is 7.75. The number of alkyl halides is 3. The fourth-order valence-corrected chi connectivity index (χ4v) is 5.37. The predicted molar refractivity (Wildman–Crippen MR) is 145 cm³/mol. The van der Waals surface area contributed by atoms with Crippen LogP contribution in [-0.2, 0) is 12.6 Å². The molecule has 2 aliphatic rings. The van der Waals surface area contributed by atoms with E-state index >= 15 is 0 Å². The van der Waals surface area contributed by atoms with Crippen molar-refractivity contribution in [1.29, 1.82) is 0 Å². The molecule has 1 aliphatic carbocycles. The molecule has 2 fully saturated rings. The zero-order chi connectivity index (χ0) is 28.5. The Hall–Kier alpha value is -3.12. The fraction of sp³-hybridized carbons (Fsp3) is 0.593. The second kappa shape index (κ2) is 11.5. The third-order valence-electron chi connectivity index (χ3n) is 7.75. The highest BCUT2D eigenvalue weighted by Gasteiger charge is 2.38. The smallest absolute Gasteiger partial charge is 0.393 e. The molecule has 12 heteroatoms. The van der Waals surface area contributed by atoms with Gasteiger partial charge in [0.1, 0.15) is 5.82 Å². The van der Waals surface area contributed by atoms with E-state index in [0.29, 0.717) is 43.9 Å². The lowest BCUT2D eigenvalue weighted by Crippen LogP contribution is -2.55. The summed E-state index contributed by atoms with van der Waals surface area (Å²) in [5.74, 6) is -0.403. The van der Waals surface area contributed by atoms with Gasteiger partial charge in [-0.1, -0.05) is 6.92 Å². The molecule has 39 heavy (non-hydrogen) atoms. The normalized spacial score (nSPS) is 24.5. The molecule has 2 atom stereocenters. The molecule has 0 unspecified atom stereocenters. The monoisotopic (exact) mass is 549 g/mol. The van der Waals surface area contributed by atoms with Crippen molar-refractivity contribution in [1.82, 2.24) is 14.9 Å². The number of halogens is 3. The highest BCUT2D eigenvalue weighted by molar-refractivity contribution is 5.96. The molecule has 1 aromatic heterocycles. The minimum atomic E-state index is -4.60. The molecule has 5 N–H and O–H groups in total. The summed E-state index contributed by atoms with van der Waals surface area (Å²) >= 11 is 0. The first-order valence-electron chi connectivity index (χ1n) is 13.5. The Morgan fingerprint density at radius 1 is 1.10 bits per heavy atom. The van der Waals surface area contributed by atoms with Gasteiger partial charge in [0.2, 0.25) is 0 Å². The van der Waals surface area contributed by atoms with Gasteiger partial charge in [-0.3, -0.25) is 9.69 Å². The summed E-state index contributed by atoms with van der Waals surface area (Å²) in [5.41, 5.74) is 5.44. The van der Waals surface area contributed by atoms with Crippen LogP contribution in [0.15, 0.2) is 18.2 Å². The number of benzene rings is 1. The first-order valence-corrected chi connectivity index (χ1v) is 13.5. The summed E-state index contributed by atoms with van der Waals surface area (Å²) in [6.45, 7) is 6.89.